The lowest BCUT2D eigenvalue weighted by Gasteiger charge is -2.06. The standard InChI is InChI=1S/C17H15N3O4/c1-24-16(22)11-3-5-12(6-4-11)18-15(21)9-10-2-7-13-14(8-10)20-17(23)19-13/h2-8H,9H2,1H3,(H,18,21)(H2,19,20,23). The molecule has 0 radical (unpaired) electrons. The van der Waals surface area contributed by atoms with Crippen LogP contribution in [0.2, 0.25) is 0 Å². The lowest BCUT2D eigenvalue weighted by atomic mass is 10.1. The van der Waals surface area contributed by atoms with E-state index in [2.05, 4.69) is 20.0 Å². The zero-order valence-electron chi connectivity index (χ0n) is 12.9. The first kappa shape index (κ1) is 15.5. The Bertz CT molecular complexity index is 954. The van der Waals surface area contributed by atoms with Crippen molar-refractivity contribution in [2.75, 3.05) is 12.4 Å². The number of amides is 1. The molecule has 24 heavy (non-hydrogen) atoms. The van der Waals surface area contributed by atoms with Crippen molar-refractivity contribution in [1.82, 2.24) is 9.97 Å². The minimum Gasteiger partial charge on any atom is -0.465 e. The van der Waals surface area contributed by atoms with Gasteiger partial charge in [-0.1, -0.05) is 6.07 Å². The number of aromatic nitrogens is 2. The Morgan fingerprint density at radius 2 is 1.75 bits per heavy atom. The molecule has 3 N–H and O–H groups in total. The Morgan fingerprint density at radius 1 is 1.04 bits per heavy atom. The summed E-state index contributed by atoms with van der Waals surface area (Å²) < 4.78 is 4.62. The number of nitrogens with one attached hydrogen (secondary N) is 3. The lowest BCUT2D eigenvalue weighted by molar-refractivity contribution is -0.115. The van der Waals surface area contributed by atoms with Gasteiger partial charge in [0.2, 0.25) is 5.91 Å². The number of carbonyl (C=O) groups is 2. The highest BCUT2D eigenvalue weighted by atomic mass is 16.5. The third-order valence-corrected chi connectivity index (χ3v) is 3.53. The highest BCUT2D eigenvalue weighted by molar-refractivity contribution is 5.94. The Labute approximate surface area is 136 Å². The maximum Gasteiger partial charge on any atom is 0.337 e. The highest BCUT2D eigenvalue weighted by Crippen LogP contribution is 2.13. The zero-order chi connectivity index (χ0) is 17.1. The van der Waals surface area contributed by atoms with Crippen LogP contribution < -0.4 is 11.0 Å². The molecule has 122 valence electrons. The second-order valence-corrected chi connectivity index (χ2v) is 5.25. The number of esters is 1. The third kappa shape index (κ3) is 3.35. The lowest BCUT2D eigenvalue weighted by Crippen LogP contribution is -2.14. The van der Waals surface area contributed by atoms with Crippen LogP contribution in [0, 0.1) is 0 Å². The average Bonchev–Trinajstić information content (AvgIpc) is 2.94. The van der Waals surface area contributed by atoms with Gasteiger partial charge in [-0.15, -0.1) is 0 Å². The zero-order valence-corrected chi connectivity index (χ0v) is 12.9. The van der Waals surface area contributed by atoms with Gasteiger partial charge in [-0.2, -0.15) is 0 Å². The number of ether oxygens (including phenoxy) is 1. The van der Waals surface area contributed by atoms with Crippen molar-refractivity contribution >= 4 is 28.6 Å². The first-order valence-corrected chi connectivity index (χ1v) is 7.24. The van der Waals surface area contributed by atoms with Crippen molar-refractivity contribution in [1.29, 1.82) is 0 Å². The van der Waals surface area contributed by atoms with Crippen LogP contribution in [0.3, 0.4) is 0 Å². The number of anilines is 1. The molecule has 0 saturated heterocycles. The average molecular weight is 325 g/mol. The van der Waals surface area contributed by atoms with Gasteiger partial charge in [-0.3, -0.25) is 4.79 Å². The number of fused-ring (bicyclic) bond motifs is 1. The monoisotopic (exact) mass is 325 g/mol. The molecule has 0 aliphatic heterocycles. The fraction of sp³-hybridized carbons (Fsp3) is 0.118. The van der Waals surface area contributed by atoms with Gasteiger partial charge in [0, 0.05) is 5.69 Å². The number of carbonyl (C=O) groups excluding carboxylic acids is 2. The summed E-state index contributed by atoms with van der Waals surface area (Å²) in [6.07, 6.45) is 0.169. The van der Waals surface area contributed by atoms with Crippen LogP contribution >= 0.6 is 0 Å². The number of aromatic amines is 2. The van der Waals surface area contributed by atoms with E-state index in [1.165, 1.54) is 7.11 Å². The first-order chi connectivity index (χ1) is 11.5. The van der Waals surface area contributed by atoms with E-state index in [-0.39, 0.29) is 18.0 Å². The quantitative estimate of drug-likeness (QED) is 0.636. The molecule has 1 heterocycles. The van der Waals surface area contributed by atoms with Crippen molar-refractivity contribution < 1.29 is 14.3 Å². The van der Waals surface area contributed by atoms with E-state index in [9.17, 15) is 14.4 Å². The van der Waals surface area contributed by atoms with Crippen molar-refractivity contribution in [3.8, 4) is 0 Å². The molecular formula is C17H15N3O4. The van der Waals surface area contributed by atoms with Crippen LogP contribution in [-0.4, -0.2) is 29.0 Å². The van der Waals surface area contributed by atoms with Gasteiger partial charge in [0.1, 0.15) is 0 Å². The predicted molar refractivity (Wildman–Crippen MR) is 89.0 cm³/mol. The molecule has 0 spiro atoms. The maximum absolute atomic E-state index is 12.1. The molecule has 7 nitrogen and oxygen atoms in total. The van der Waals surface area contributed by atoms with Gasteiger partial charge in [0.15, 0.2) is 0 Å². The molecule has 7 heteroatoms. The van der Waals surface area contributed by atoms with Gasteiger partial charge in [0.25, 0.3) is 0 Å². The summed E-state index contributed by atoms with van der Waals surface area (Å²) in [5.41, 5.74) is 2.86. The number of rotatable bonds is 4. The van der Waals surface area contributed by atoms with E-state index in [0.717, 1.165) is 5.56 Å². The van der Waals surface area contributed by atoms with Gasteiger partial charge in [-0.05, 0) is 42.0 Å². The number of H-pyrrole nitrogens is 2. The highest BCUT2D eigenvalue weighted by Gasteiger charge is 2.08. The topological polar surface area (TPSA) is 104 Å². The van der Waals surface area contributed by atoms with Crippen molar-refractivity contribution in [3.05, 3.63) is 64.1 Å². The van der Waals surface area contributed by atoms with Gasteiger partial charge < -0.3 is 20.0 Å². The molecule has 0 aliphatic carbocycles. The summed E-state index contributed by atoms with van der Waals surface area (Å²) in [6.45, 7) is 0. The Hall–Kier alpha value is -3.35. The SMILES string of the molecule is COC(=O)c1ccc(NC(=O)Cc2ccc3[nH]c(=O)[nH]c3c2)cc1. The van der Waals surface area contributed by atoms with Crippen LogP contribution in [0.5, 0.6) is 0 Å². The van der Waals surface area contributed by atoms with Crippen molar-refractivity contribution in [2.24, 2.45) is 0 Å². The molecule has 2 aromatic carbocycles. The van der Waals surface area contributed by atoms with E-state index < -0.39 is 5.97 Å². The van der Waals surface area contributed by atoms with Gasteiger partial charge >= 0.3 is 11.7 Å². The minimum atomic E-state index is -0.429. The summed E-state index contributed by atoms with van der Waals surface area (Å²) in [7, 11) is 1.31. The van der Waals surface area contributed by atoms with E-state index in [1.54, 1.807) is 42.5 Å². The van der Waals surface area contributed by atoms with Crippen LogP contribution in [0.4, 0.5) is 5.69 Å². The molecule has 1 aromatic heterocycles. The Balaban J connectivity index is 1.67. The molecule has 0 bridgehead atoms. The summed E-state index contributed by atoms with van der Waals surface area (Å²) in [4.78, 5) is 40.0. The fourth-order valence-electron chi connectivity index (χ4n) is 2.39. The van der Waals surface area contributed by atoms with Crippen molar-refractivity contribution in [2.45, 2.75) is 6.42 Å². The van der Waals surface area contributed by atoms with E-state index in [1.807, 2.05) is 0 Å². The minimum absolute atomic E-state index is 0.169. The van der Waals surface area contributed by atoms with E-state index >= 15 is 0 Å². The molecule has 0 unspecified atom stereocenters. The van der Waals surface area contributed by atoms with Crippen LogP contribution in [0.25, 0.3) is 11.0 Å². The first-order valence-electron chi connectivity index (χ1n) is 7.24. The molecule has 0 saturated carbocycles. The Morgan fingerprint density at radius 3 is 2.46 bits per heavy atom. The number of hydrogen-bond acceptors (Lipinski definition) is 4. The van der Waals surface area contributed by atoms with Gasteiger partial charge in [0.05, 0.1) is 30.1 Å². The molecule has 3 rings (SSSR count). The summed E-state index contributed by atoms with van der Waals surface area (Å²) in [5.74, 6) is -0.625. The molecule has 0 aliphatic rings. The second-order valence-electron chi connectivity index (χ2n) is 5.25. The molecule has 0 fully saturated rings. The van der Waals surface area contributed by atoms with Crippen LogP contribution in [-0.2, 0) is 16.0 Å². The summed E-state index contributed by atoms with van der Waals surface area (Å²) in [5, 5.41) is 2.76. The number of hydrogen-bond donors (Lipinski definition) is 3. The number of methoxy groups -OCH3 is 1. The molecule has 1 amide bonds. The number of benzene rings is 2. The molecule has 3 aromatic rings. The van der Waals surface area contributed by atoms with Crippen LogP contribution in [0.15, 0.2) is 47.3 Å². The van der Waals surface area contributed by atoms with Crippen molar-refractivity contribution in [3.63, 3.8) is 0 Å². The normalized spacial score (nSPS) is 10.5. The summed E-state index contributed by atoms with van der Waals surface area (Å²) >= 11 is 0. The molecular weight excluding hydrogens is 310 g/mol. The smallest absolute Gasteiger partial charge is 0.337 e. The second kappa shape index (κ2) is 6.41. The van der Waals surface area contributed by atoms with Gasteiger partial charge in [-0.25, -0.2) is 9.59 Å². The van der Waals surface area contributed by atoms with E-state index in [4.69, 9.17) is 0 Å². The largest absolute Gasteiger partial charge is 0.465 e. The predicted octanol–water partition coefficient (Wildman–Crippen LogP) is 1.82. The third-order valence-electron chi connectivity index (χ3n) is 3.53. The molecule has 0 atom stereocenters. The fourth-order valence-corrected chi connectivity index (χ4v) is 2.39. The maximum atomic E-state index is 12.1. The summed E-state index contributed by atoms with van der Waals surface area (Å²) in [6, 6.07) is 11.7. The van der Waals surface area contributed by atoms with Crippen LogP contribution in [0.1, 0.15) is 15.9 Å². The number of imidazole rings is 1. The van der Waals surface area contributed by atoms with E-state index in [0.29, 0.717) is 22.3 Å². The Kier molecular flexibility index (Phi) is 4.15.